The topological polar surface area (TPSA) is 53.0 Å². The van der Waals surface area contributed by atoms with Gasteiger partial charge in [0.25, 0.3) is 0 Å². The zero-order valence-electron chi connectivity index (χ0n) is 15.1. The van der Waals surface area contributed by atoms with E-state index in [1.807, 2.05) is 13.0 Å². The highest BCUT2D eigenvalue weighted by Crippen LogP contribution is 2.43. The third-order valence-electron chi connectivity index (χ3n) is 5.34. The predicted molar refractivity (Wildman–Crippen MR) is 94.3 cm³/mol. The van der Waals surface area contributed by atoms with Gasteiger partial charge in [-0.15, -0.1) is 0 Å². The lowest BCUT2D eigenvalue weighted by atomic mass is 9.92. The van der Waals surface area contributed by atoms with Crippen LogP contribution in [0.1, 0.15) is 66.2 Å². The SMILES string of the molecule is C/C(CO)=C1\CC/C(C)=C/CC[C@]2(C)O[C@H]2CC/C(C)=C/[C@@H]1O. The average molecular weight is 320 g/mol. The van der Waals surface area contributed by atoms with Crippen LogP contribution in [0, 0.1) is 0 Å². The van der Waals surface area contributed by atoms with Crippen molar-refractivity contribution in [2.24, 2.45) is 0 Å². The molecule has 3 heteroatoms. The first-order valence-corrected chi connectivity index (χ1v) is 8.84. The highest BCUT2D eigenvalue weighted by atomic mass is 16.6. The molecule has 3 nitrogen and oxygen atoms in total. The number of rotatable bonds is 1. The molecule has 2 rings (SSSR count). The molecule has 0 amide bonds. The van der Waals surface area contributed by atoms with Crippen LogP contribution >= 0.6 is 0 Å². The molecule has 1 aliphatic carbocycles. The Morgan fingerprint density at radius 3 is 2.70 bits per heavy atom. The van der Waals surface area contributed by atoms with E-state index < -0.39 is 6.10 Å². The molecule has 0 bridgehead atoms. The predicted octanol–water partition coefficient (Wildman–Crippen LogP) is 4.06. The van der Waals surface area contributed by atoms with Crippen LogP contribution in [-0.2, 0) is 4.74 Å². The molecule has 0 unspecified atom stereocenters. The van der Waals surface area contributed by atoms with Gasteiger partial charge in [0, 0.05) is 0 Å². The molecular formula is C20H32O3. The van der Waals surface area contributed by atoms with Crippen LogP contribution in [0.5, 0.6) is 0 Å². The molecule has 1 saturated heterocycles. The van der Waals surface area contributed by atoms with Crippen LogP contribution in [0.2, 0.25) is 0 Å². The van der Waals surface area contributed by atoms with Crippen molar-refractivity contribution < 1.29 is 14.9 Å². The molecule has 1 fully saturated rings. The van der Waals surface area contributed by atoms with Crippen molar-refractivity contribution in [3.63, 3.8) is 0 Å². The van der Waals surface area contributed by atoms with E-state index in [0.717, 1.165) is 49.7 Å². The molecule has 2 aliphatic rings. The monoisotopic (exact) mass is 320 g/mol. The second-order valence-electron chi connectivity index (χ2n) is 7.47. The smallest absolute Gasteiger partial charge is 0.0937 e. The number of allylic oxidation sites excluding steroid dienone is 3. The van der Waals surface area contributed by atoms with Gasteiger partial charge in [-0.05, 0) is 77.4 Å². The second kappa shape index (κ2) is 7.78. The first-order chi connectivity index (χ1) is 10.9. The Kier molecular flexibility index (Phi) is 6.24. The quantitative estimate of drug-likeness (QED) is 0.566. The van der Waals surface area contributed by atoms with Crippen molar-refractivity contribution in [3.05, 3.63) is 34.4 Å². The number of epoxide rings is 1. The minimum atomic E-state index is -0.593. The van der Waals surface area contributed by atoms with E-state index in [2.05, 4.69) is 26.8 Å². The molecule has 1 heterocycles. The van der Waals surface area contributed by atoms with E-state index in [0.29, 0.717) is 6.10 Å². The normalized spacial score (nSPS) is 40.1. The van der Waals surface area contributed by atoms with E-state index in [9.17, 15) is 10.2 Å². The Balaban J connectivity index is 2.18. The van der Waals surface area contributed by atoms with Gasteiger partial charge in [0.1, 0.15) is 0 Å². The summed E-state index contributed by atoms with van der Waals surface area (Å²) in [6.07, 6.45) is 9.84. The highest BCUT2D eigenvalue weighted by Gasteiger charge is 2.50. The Morgan fingerprint density at radius 1 is 1.26 bits per heavy atom. The molecule has 23 heavy (non-hydrogen) atoms. The molecule has 0 aromatic rings. The summed E-state index contributed by atoms with van der Waals surface area (Å²) in [5.74, 6) is 0. The average Bonchev–Trinajstić information content (AvgIpc) is 3.14. The van der Waals surface area contributed by atoms with Gasteiger partial charge >= 0.3 is 0 Å². The van der Waals surface area contributed by atoms with Crippen molar-refractivity contribution >= 4 is 0 Å². The number of hydrogen-bond acceptors (Lipinski definition) is 3. The molecular weight excluding hydrogens is 288 g/mol. The lowest BCUT2D eigenvalue weighted by Gasteiger charge is -2.17. The van der Waals surface area contributed by atoms with Gasteiger partial charge in [-0.25, -0.2) is 0 Å². The molecule has 0 aromatic heterocycles. The molecule has 3 atom stereocenters. The first kappa shape index (κ1) is 18.4. The van der Waals surface area contributed by atoms with E-state index >= 15 is 0 Å². The number of hydrogen-bond donors (Lipinski definition) is 2. The zero-order valence-corrected chi connectivity index (χ0v) is 15.1. The van der Waals surface area contributed by atoms with Crippen LogP contribution in [0.15, 0.2) is 34.4 Å². The van der Waals surface area contributed by atoms with E-state index in [4.69, 9.17) is 4.74 Å². The van der Waals surface area contributed by atoms with E-state index in [-0.39, 0.29) is 12.2 Å². The molecule has 0 spiro atoms. The van der Waals surface area contributed by atoms with Gasteiger partial charge < -0.3 is 14.9 Å². The third kappa shape index (κ3) is 5.03. The largest absolute Gasteiger partial charge is 0.392 e. The van der Waals surface area contributed by atoms with E-state index in [1.165, 1.54) is 11.1 Å². The van der Waals surface area contributed by atoms with Crippen LogP contribution in [0.4, 0.5) is 0 Å². The van der Waals surface area contributed by atoms with Gasteiger partial charge in [-0.2, -0.15) is 0 Å². The zero-order chi connectivity index (χ0) is 17.0. The molecule has 0 radical (unpaired) electrons. The summed E-state index contributed by atoms with van der Waals surface area (Å²) in [5, 5.41) is 20.0. The van der Waals surface area contributed by atoms with Gasteiger partial charge in [0.15, 0.2) is 0 Å². The van der Waals surface area contributed by atoms with Crippen molar-refractivity contribution in [2.45, 2.75) is 84.0 Å². The van der Waals surface area contributed by atoms with Crippen molar-refractivity contribution in [1.29, 1.82) is 0 Å². The molecule has 0 aromatic carbocycles. The van der Waals surface area contributed by atoms with Gasteiger partial charge in [0.05, 0.1) is 24.4 Å². The molecule has 130 valence electrons. The van der Waals surface area contributed by atoms with Crippen molar-refractivity contribution in [2.75, 3.05) is 6.61 Å². The standard InChI is InChI=1S/C20H32O3/c1-14-6-5-11-20(4)19(23-20)10-8-15(2)12-18(22)17(9-7-14)16(3)13-21/h6,12,18-19,21-22H,5,7-11,13H2,1-4H3/b14-6+,15-12+,17-16-/t18-,19-,20-/m0/s1. The number of aliphatic hydroxyl groups is 2. The first-order valence-electron chi connectivity index (χ1n) is 8.84. The highest BCUT2D eigenvalue weighted by molar-refractivity contribution is 5.25. The summed E-state index contributed by atoms with van der Waals surface area (Å²) in [4.78, 5) is 0. The van der Waals surface area contributed by atoms with Crippen LogP contribution in [0.25, 0.3) is 0 Å². The summed E-state index contributed by atoms with van der Waals surface area (Å²) < 4.78 is 5.91. The van der Waals surface area contributed by atoms with Crippen LogP contribution in [-0.4, -0.2) is 34.6 Å². The van der Waals surface area contributed by atoms with Crippen LogP contribution in [0.3, 0.4) is 0 Å². The maximum atomic E-state index is 10.6. The lowest BCUT2D eigenvalue weighted by Crippen LogP contribution is -2.13. The maximum Gasteiger partial charge on any atom is 0.0937 e. The van der Waals surface area contributed by atoms with Crippen LogP contribution < -0.4 is 0 Å². The Bertz CT molecular complexity index is 515. The van der Waals surface area contributed by atoms with Crippen molar-refractivity contribution in [3.8, 4) is 0 Å². The van der Waals surface area contributed by atoms with E-state index in [1.54, 1.807) is 0 Å². The fourth-order valence-electron chi connectivity index (χ4n) is 3.44. The fourth-order valence-corrected chi connectivity index (χ4v) is 3.44. The van der Waals surface area contributed by atoms with Crippen molar-refractivity contribution in [1.82, 2.24) is 0 Å². The number of aliphatic hydroxyl groups excluding tert-OH is 2. The maximum absolute atomic E-state index is 10.6. The fraction of sp³-hybridized carbons (Fsp3) is 0.700. The van der Waals surface area contributed by atoms with Gasteiger partial charge in [-0.1, -0.05) is 23.3 Å². The molecule has 0 saturated carbocycles. The summed E-state index contributed by atoms with van der Waals surface area (Å²) >= 11 is 0. The Labute approximate surface area is 140 Å². The number of ether oxygens (including phenoxy) is 1. The number of fused-ring (bicyclic) bond motifs is 1. The summed E-state index contributed by atoms with van der Waals surface area (Å²) in [6.45, 7) is 8.36. The summed E-state index contributed by atoms with van der Waals surface area (Å²) in [7, 11) is 0. The second-order valence-corrected chi connectivity index (χ2v) is 7.47. The van der Waals surface area contributed by atoms with Gasteiger partial charge in [-0.3, -0.25) is 0 Å². The Hall–Kier alpha value is -0.900. The summed E-state index contributed by atoms with van der Waals surface area (Å²) in [5.41, 5.74) is 4.45. The van der Waals surface area contributed by atoms with Gasteiger partial charge in [0.2, 0.25) is 0 Å². The molecule has 1 aliphatic heterocycles. The lowest BCUT2D eigenvalue weighted by molar-refractivity contribution is 0.247. The minimum absolute atomic E-state index is 0.0102. The minimum Gasteiger partial charge on any atom is -0.392 e. The summed E-state index contributed by atoms with van der Waals surface area (Å²) in [6, 6.07) is 0. The third-order valence-corrected chi connectivity index (χ3v) is 5.34. The Morgan fingerprint density at radius 2 is 2.00 bits per heavy atom. The molecule has 2 N–H and O–H groups in total.